The minimum absolute atomic E-state index is 0.293. The van der Waals surface area contributed by atoms with Crippen LogP contribution in [0.2, 0.25) is 10.0 Å². The Bertz CT molecular complexity index is 756. The summed E-state index contributed by atoms with van der Waals surface area (Å²) in [5, 5.41) is 3.32. The minimum Gasteiger partial charge on any atom is -0.467 e. The number of aromatic amines is 1. The van der Waals surface area contributed by atoms with Gasteiger partial charge < -0.3 is 15.0 Å². The van der Waals surface area contributed by atoms with Crippen LogP contribution in [0.15, 0.2) is 24.3 Å². The Kier molecular flexibility index (Phi) is 5.34. The lowest BCUT2D eigenvalue weighted by Crippen LogP contribution is -2.34. The van der Waals surface area contributed by atoms with Gasteiger partial charge in [-0.05, 0) is 37.6 Å². The Hall–Kier alpha value is -1.98. The molecule has 0 spiro atoms. The third-order valence-electron chi connectivity index (χ3n) is 3.38. The Morgan fingerprint density at radius 3 is 2.39 bits per heavy atom. The van der Waals surface area contributed by atoms with Crippen molar-refractivity contribution in [2.24, 2.45) is 0 Å². The van der Waals surface area contributed by atoms with Crippen LogP contribution in [0.5, 0.6) is 0 Å². The number of ether oxygens (including phenoxy) is 1. The number of halogens is 2. The summed E-state index contributed by atoms with van der Waals surface area (Å²) in [5.41, 5.74) is 2.54. The number of amides is 1. The summed E-state index contributed by atoms with van der Waals surface area (Å²) in [7, 11) is 1.25. The second-order valence-electron chi connectivity index (χ2n) is 5.09. The maximum atomic E-state index is 12.4. The van der Waals surface area contributed by atoms with Gasteiger partial charge >= 0.3 is 5.97 Å². The van der Waals surface area contributed by atoms with E-state index in [9.17, 15) is 9.59 Å². The van der Waals surface area contributed by atoms with Gasteiger partial charge in [0.1, 0.15) is 0 Å². The number of carbonyl (C=O) groups excluding carboxylic acids is 2. The lowest BCUT2D eigenvalue weighted by Gasteiger charge is -2.17. The number of H-pyrrole nitrogens is 1. The fraction of sp³-hybridized carbons (Fsp3) is 0.250. The second kappa shape index (κ2) is 7.06. The number of carbonyl (C=O) groups is 2. The molecule has 0 saturated carbocycles. The molecule has 5 nitrogen and oxygen atoms in total. The quantitative estimate of drug-likeness (QED) is 0.824. The van der Waals surface area contributed by atoms with Gasteiger partial charge in [0.05, 0.1) is 22.7 Å². The van der Waals surface area contributed by atoms with Gasteiger partial charge in [-0.25, -0.2) is 4.79 Å². The average Bonchev–Trinajstić information content (AvgIpc) is 2.85. The van der Waals surface area contributed by atoms with E-state index in [1.807, 2.05) is 6.92 Å². The standard InChI is InChI=1S/C16H16Cl2N2O3/c1-8-6-11(9(2)19-8)15(21)20-14(16(22)23-3)10-4-5-12(17)13(18)7-10/h4-7,14,19H,1-3H3,(H,20,21). The van der Waals surface area contributed by atoms with Crippen molar-refractivity contribution in [2.45, 2.75) is 19.9 Å². The van der Waals surface area contributed by atoms with Crippen molar-refractivity contribution in [1.29, 1.82) is 0 Å². The number of aromatic nitrogens is 1. The molecule has 0 bridgehead atoms. The molecule has 1 atom stereocenters. The topological polar surface area (TPSA) is 71.2 Å². The molecule has 0 saturated heterocycles. The number of nitrogens with one attached hydrogen (secondary N) is 2. The van der Waals surface area contributed by atoms with Crippen LogP contribution >= 0.6 is 23.2 Å². The first kappa shape index (κ1) is 17.4. The normalized spacial score (nSPS) is 11.9. The van der Waals surface area contributed by atoms with Crippen molar-refractivity contribution in [3.63, 3.8) is 0 Å². The Balaban J connectivity index is 2.32. The Labute approximate surface area is 143 Å². The van der Waals surface area contributed by atoms with Crippen molar-refractivity contribution in [1.82, 2.24) is 10.3 Å². The van der Waals surface area contributed by atoms with Gasteiger partial charge in [-0.2, -0.15) is 0 Å². The van der Waals surface area contributed by atoms with E-state index in [0.717, 1.165) is 11.4 Å². The largest absolute Gasteiger partial charge is 0.467 e. The molecule has 0 fully saturated rings. The van der Waals surface area contributed by atoms with E-state index in [1.54, 1.807) is 25.1 Å². The predicted octanol–water partition coefficient (Wildman–Crippen LogP) is 3.58. The lowest BCUT2D eigenvalue weighted by atomic mass is 10.1. The smallest absolute Gasteiger partial charge is 0.333 e. The zero-order chi connectivity index (χ0) is 17.1. The van der Waals surface area contributed by atoms with Crippen LogP contribution in [-0.4, -0.2) is 24.0 Å². The van der Waals surface area contributed by atoms with E-state index >= 15 is 0 Å². The molecule has 1 aromatic carbocycles. The van der Waals surface area contributed by atoms with E-state index in [4.69, 9.17) is 27.9 Å². The van der Waals surface area contributed by atoms with Crippen molar-refractivity contribution < 1.29 is 14.3 Å². The molecular formula is C16H16Cl2N2O3. The highest BCUT2D eigenvalue weighted by molar-refractivity contribution is 6.42. The molecule has 0 aliphatic carbocycles. The number of benzene rings is 1. The van der Waals surface area contributed by atoms with Crippen LogP contribution in [0.25, 0.3) is 0 Å². The summed E-state index contributed by atoms with van der Waals surface area (Å²) in [4.78, 5) is 27.5. The molecule has 0 aliphatic heterocycles. The fourth-order valence-electron chi connectivity index (χ4n) is 2.26. The van der Waals surface area contributed by atoms with Crippen molar-refractivity contribution in [3.05, 3.63) is 56.8 Å². The SMILES string of the molecule is COC(=O)C(NC(=O)c1cc(C)[nH]c1C)c1ccc(Cl)c(Cl)c1. The van der Waals surface area contributed by atoms with Crippen LogP contribution in [0.4, 0.5) is 0 Å². The zero-order valence-electron chi connectivity index (χ0n) is 12.9. The van der Waals surface area contributed by atoms with E-state index in [0.29, 0.717) is 21.2 Å². The third-order valence-corrected chi connectivity index (χ3v) is 4.12. The molecule has 7 heteroatoms. The summed E-state index contributed by atoms with van der Waals surface area (Å²) in [6, 6.07) is 5.45. The number of aryl methyl sites for hydroxylation is 2. The number of rotatable bonds is 4. The molecule has 1 unspecified atom stereocenters. The maximum Gasteiger partial charge on any atom is 0.333 e. The first-order valence-electron chi connectivity index (χ1n) is 6.83. The van der Waals surface area contributed by atoms with Crippen LogP contribution in [0, 0.1) is 13.8 Å². The molecule has 0 radical (unpaired) electrons. The first-order valence-corrected chi connectivity index (χ1v) is 7.59. The van der Waals surface area contributed by atoms with Gasteiger partial charge in [0, 0.05) is 11.4 Å². The molecular weight excluding hydrogens is 339 g/mol. The predicted molar refractivity (Wildman–Crippen MR) is 89.0 cm³/mol. The van der Waals surface area contributed by atoms with Gasteiger partial charge in [0.25, 0.3) is 5.91 Å². The Morgan fingerprint density at radius 2 is 1.87 bits per heavy atom. The first-order chi connectivity index (χ1) is 10.8. The summed E-state index contributed by atoms with van der Waals surface area (Å²) >= 11 is 11.9. The summed E-state index contributed by atoms with van der Waals surface area (Å²) in [6.07, 6.45) is 0. The summed E-state index contributed by atoms with van der Waals surface area (Å²) < 4.78 is 4.77. The van der Waals surface area contributed by atoms with E-state index < -0.39 is 12.0 Å². The van der Waals surface area contributed by atoms with Gasteiger partial charge in [0.15, 0.2) is 6.04 Å². The highest BCUT2D eigenvalue weighted by Gasteiger charge is 2.25. The third kappa shape index (κ3) is 3.86. The van der Waals surface area contributed by atoms with E-state index in [2.05, 4.69) is 10.3 Å². The number of hydrogen-bond donors (Lipinski definition) is 2. The van der Waals surface area contributed by atoms with Crippen molar-refractivity contribution in [2.75, 3.05) is 7.11 Å². The van der Waals surface area contributed by atoms with Crippen LogP contribution in [-0.2, 0) is 9.53 Å². The number of methoxy groups -OCH3 is 1. The Morgan fingerprint density at radius 1 is 1.17 bits per heavy atom. The molecule has 1 amide bonds. The van der Waals surface area contributed by atoms with E-state index in [1.165, 1.54) is 13.2 Å². The highest BCUT2D eigenvalue weighted by atomic mass is 35.5. The molecule has 1 aromatic heterocycles. The molecule has 0 aliphatic rings. The average molecular weight is 355 g/mol. The zero-order valence-corrected chi connectivity index (χ0v) is 14.4. The monoisotopic (exact) mass is 354 g/mol. The molecule has 2 N–H and O–H groups in total. The molecule has 2 rings (SSSR count). The number of hydrogen-bond acceptors (Lipinski definition) is 3. The van der Waals surface area contributed by atoms with Gasteiger partial charge in [-0.1, -0.05) is 29.3 Å². The van der Waals surface area contributed by atoms with Crippen LogP contribution in [0.3, 0.4) is 0 Å². The molecule has 122 valence electrons. The summed E-state index contributed by atoms with van der Waals surface area (Å²) in [6.45, 7) is 3.63. The minimum atomic E-state index is -0.975. The maximum absolute atomic E-state index is 12.4. The van der Waals surface area contributed by atoms with Crippen LogP contribution in [0.1, 0.15) is 33.4 Å². The molecule has 1 heterocycles. The fourth-order valence-corrected chi connectivity index (χ4v) is 2.56. The van der Waals surface area contributed by atoms with Crippen LogP contribution < -0.4 is 5.32 Å². The van der Waals surface area contributed by atoms with Crippen molar-refractivity contribution in [3.8, 4) is 0 Å². The van der Waals surface area contributed by atoms with Gasteiger partial charge in [-0.3, -0.25) is 4.79 Å². The van der Waals surface area contributed by atoms with Gasteiger partial charge in [-0.15, -0.1) is 0 Å². The summed E-state index contributed by atoms with van der Waals surface area (Å²) in [5.74, 6) is -0.977. The molecule has 2 aromatic rings. The van der Waals surface area contributed by atoms with Crippen molar-refractivity contribution >= 4 is 35.1 Å². The second-order valence-corrected chi connectivity index (χ2v) is 5.91. The van der Waals surface area contributed by atoms with Gasteiger partial charge in [0.2, 0.25) is 0 Å². The highest BCUT2D eigenvalue weighted by Crippen LogP contribution is 2.26. The lowest BCUT2D eigenvalue weighted by molar-refractivity contribution is -0.143. The van der Waals surface area contributed by atoms with E-state index in [-0.39, 0.29) is 5.91 Å². The molecule has 23 heavy (non-hydrogen) atoms. The number of esters is 1.